The molecule has 2 aromatic rings. The van der Waals surface area contributed by atoms with Crippen LogP contribution in [0.4, 0.5) is 23.1 Å². The number of hydrogen-bond acceptors (Lipinski definition) is 8. The van der Waals surface area contributed by atoms with Crippen molar-refractivity contribution in [2.75, 3.05) is 29.3 Å². The van der Waals surface area contributed by atoms with Gasteiger partial charge in [-0.2, -0.15) is 4.98 Å². The van der Waals surface area contributed by atoms with Crippen molar-refractivity contribution >= 4 is 28.9 Å². The average molecular weight is 343 g/mol. The molecule has 1 aromatic carbocycles. The van der Waals surface area contributed by atoms with Crippen molar-refractivity contribution in [2.24, 2.45) is 5.84 Å². The lowest BCUT2D eigenvalue weighted by Crippen LogP contribution is -2.32. The van der Waals surface area contributed by atoms with Gasteiger partial charge in [-0.3, -0.25) is 5.01 Å². The Balaban J connectivity index is 2.39. The van der Waals surface area contributed by atoms with Crippen molar-refractivity contribution in [3.8, 4) is 0 Å². The highest BCUT2D eigenvalue weighted by atomic mass is 16.5. The third-order valence-electron chi connectivity index (χ3n) is 3.74. The van der Waals surface area contributed by atoms with E-state index in [-0.39, 0.29) is 5.95 Å². The highest BCUT2D eigenvalue weighted by Crippen LogP contribution is 2.29. The van der Waals surface area contributed by atoms with Gasteiger partial charge in [0.2, 0.25) is 5.95 Å². The zero-order chi connectivity index (χ0) is 18.6. The SMILES string of the molecule is CC/C=C(\OC)c1nc(N)nc(N(N)Cc2ccc(N)c(C)c2)c1N. The average Bonchev–Trinajstić information content (AvgIpc) is 2.58. The summed E-state index contributed by atoms with van der Waals surface area (Å²) in [7, 11) is 1.55. The Hall–Kier alpha value is -3.00. The molecule has 0 amide bonds. The zero-order valence-electron chi connectivity index (χ0n) is 14.8. The minimum atomic E-state index is 0.0715. The van der Waals surface area contributed by atoms with Crippen LogP contribution in [0.3, 0.4) is 0 Å². The molecule has 0 aliphatic heterocycles. The Bertz CT molecular complexity index is 789. The maximum absolute atomic E-state index is 6.22. The summed E-state index contributed by atoms with van der Waals surface area (Å²) in [4.78, 5) is 8.37. The van der Waals surface area contributed by atoms with E-state index in [1.54, 1.807) is 7.11 Å². The molecule has 0 aliphatic carbocycles. The first-order valence-corrected chi connectivity index (χ1v) is 7.92. The Kier molecular flexibility index (Phi) is 5.66. The number of anilines is 4. The molecule has 25 heavy (non-hydrogen) atoms. The lowest BCUT2D eigenvalue weighted by atomic mass is 10.1. The van der Waals surface area contributed by atoms with Crippen LogP contribution in [0.15, 0.2) is 24.3 Å². The van der Waals surface area contributed by atoms with Gasteiger partial charge in [-0.1, -0.05) is 19.1 Å². The molecular weight excluding hydrogens is 318 g/mol. The molecule has 8 heteroatoms. The summed E-state index contributed by atoms with van der Waals surface area (Å²) in [5.74, 6) is 7.13. The number of allylic oxidation sites excluding steroid dienone is 1. The minimum Gasteiger partial charge on any atom is -0.495 e. The summed E-state index contributed by atoms with van der Waals surface area (Å²) in [6, 6.07) is 5.71. The van der Waals surface area contributed by atoms with Crippen molar-refractivity contribution in [3.05, 3.63) is 41.1 Å². The second-order valence-electron chi connectivity index (χ2n) is 5.67. The number of nitrogens with two attached hydrogens (primary N) is 4. The number of benzene rings is 1. The molecule has 0 saturated heterocycles. The Morgan fingerprint density at radius 1 is 1.24 bits per heavy atom. The predicted octanol–water partition coefficient (Wildman–Crippen LogP) is 1.81. The molecule has 8 nitrogen and oxygen atoms in total. The quantitative estimate of drug-likeness (QED) is 0.269. The molecule has 0 unspecified atom stereocenters. The van der Waals surface area contributed by atoms with E-state index in [4.69, 9.17) is 27.8 Å². The fourth-order valence-electron chi connectivity index (χ4n) is 2.45. The number of ether oxygens (including phenoxy) is 1. The van der Waals surface area contributed by atoms with Gasteiger partial charge in [-0.05, 0) is 36.6 Å². The summed E-state index contributed by atoms with van der Waals surface area (Å²) in [6.45, 7) is 4.32. The number of hydrazine groups is 1. The van der Waals surface area contributed by atoms with E-state index in [2.05, 4.69) is 9.97 Å². The first-order valence-electron chi connectivity index (χ1n) is 7.92. The number of rotatable bonds is 6. The van der Waals surface area contributed by atoms with E-state index in [1.807, 2.05) is 38.1 Å². The summed E-state index contributed by atoms with van der Waals surface area (Å²) in [5.41, 5.74) is 21.3. The maximum Gasteiger partial charge on any atom is 0.222 e. The molecule has 8 N–H and O–H groups in total. The number of aromatic nitrogens is 2. The van der Waals surface area contributed by atoms with Crippen molar-refractivity contribution in [1.82, 2.24) is 9.97 Å². The van der Waals surface area contributed by atoms with E-state index < -0.39 is 0 Å². The Morgan fingerprint density at radius 2 is 1.96 bits per heavy atom. The highest BCUT2D eigenvalue weighted by Gasteiger charge is 2.18. The molecular formula is C17H25N7O. The molecule has 0 radical (unpaired) electrons. The van der Waals surface area contributed by atoms with E-state index in [0.717, 1.165) is 23.2 Å². The van der Waals surface area contributed by atoms with Crippen molar-refractivity contribution in [3.63, 3.8) is 0 Å². The first kappa shape index (κ1) is 18.3. The predicted molar refractivity (Wildman–Crippen MR) is 102 cm³/mol. The zero-order valence-corrected chi connectivity index (χ0v) is 14.8. The minimum absolute atomic E-state index is 0.0715. The van der Waals surface area contributed by atoms with Gasteiger partial charge >= 0.3 is 0 Å². The van der Waals surface area contributed by atoms with Gasteiger partial charge in [0.05, 0.1) is 13.7 Å². The second kappa shape index (κ2) is 7.71. The second-order valence-corrected chi connectivity index (χ2v) is 5.67. The number of hydrogen-bond donors (Lipinski definition) is 4. The van der Waals surface area contributed by atoms with Gasteiger partial charge in [0.15, 0.2) is 5.82 Å². The van der Waals surface area contributed by atoms with Crippen LogP contribution in [-0.4, -0.2) is 17.1 Å². The lowest BCUT2D eigenvalue weighted by molar-refractivity contribution is 0.367. The molecule has 0 fully saturated rings. The van der Waals surface area contributed by atoms with Gasteiger partial charge in [-0.15, -0.1) is 0 Å². The van der Waals surface area contributed by atoms with Crippen LogP contribution in [-0.2, 0) is 11.3 Å². The summed E-state index contributed by atoms with van der Waals surface area (Å²) in [6.07, 6.45) is 2.63. The van der Waals surface area contributed by atoms with E-state index >= 15 is 0 Å². The lowest BCUT2D eigenvalue weighted by Gasteiger charge is -2.21. The molecule has 0 aliphatic rings. The van der Waals surface area contributed by atoms with Crippen molar-refractivity contribution in [2.45, 2.75) is 26.8 Å². The van der Waals surface area contributed by atoms with E-state index in [9.17, 15) is 0 Å². The third kappa shape index (κ3) is 4.10. The normalized spacial score (nSPS) is 11.4. The molecule has 1 heterocycles. The molecule has 1 aromatic heterocycles. The van der Waals surface area contributed by atoms with Gasteiger partial charge in [-0.25, -0.2) is 10.8 Å². The number of methoxy groups -OCH3 is 1. The largest absolute Gasteiger partial charge is 0.495 e. The topological polar surface area (TPSA) is 142 Å². The van der Waals surface area contributed by atoms with Crippen LogP contribution in [0, 0.1) is 6.92 Å². The number of aryl methyl sites for hydroxylation is 1. The van der Waals surface area contributed by atoms with E-state index in [0.29, 0.717) is 29.5 Å². The van der Waals surface area contributed by atoms with Crippen LogP contribution in [0.5, 0.6) is 0 Å². The summed E-state index contributed by atoms with van der Waals surface area (Å²) >= 11 is 0. The van der Waals surface area contributed by atoms with Crippen LogP contribution in [0.1, 0.15) is 30.2 Å². The Morgan fingerprint density at radius 3 is 2.56 bits per heavy atom. The number of nitrogens with zero attached hydrogens (tertiary/aromatic N) is 3. The maximum atomic E-state index is 6.22. The van der Waals surface area contributed by atoms with Crippen LogP contribution >= 0.6 is 0 Å². The molecule has 0 atom stereocenters. The van der Waals surface area contributed by atoms with Crippen LogP contribution in [0.2, 0.25) is 0 Å². The third-order valence-corrected chi connectivity index (χ3v) is 3.74. The smallest absolute Gasteiger partial charge is 0.222 e. The molecule has 134 valence electrons. The van der Waals surface area contributed by atoms with Crippen molar-refractivity contribution in [1.29, 1.82) is 0 Å². The van der Waals surface area contributed by atoms with Gasteiger partial charge in [0.1, 0.15) is 17.1 Å². The van der Waals surface area contributed by atoms with Gasteiger partial charge in [0.25, 0.3) is 0 Å². The fourth-order valence-corrected chi connectivity index (χ4v) is 2.45. The summed E-state index contributed by atoms with van der Waals surface area (Å²) < 4.78 is 5.36. The van der Waals surface area contributed by atoms with Gasteiger partial charge in [0, 0.05) is 5.69 Å². The van der Waals surface area contributed by atoms with Crippen molar-refractivity contribution < 1.29 is 4.74 Å². The first-order chi connectivity index (χ1) is 11.9. The molecule has 0 bridgehead atoms. The molecule has 2 rings (SSSR count). The van der Waals surface area contributed by atoms with E-state index in [1.165, 1.54) is 5.01 Å². The van der Waals surface area contributed by atoms with Crippen LogP contribution < -0.4 is 28.1 Å². The standard InChI is InChI=1S/C17H25N7O/c1-4-5-13(25-3)15-14(19)16(23-17(20)22-15)24(21)9-11-6-7-12(18)10(2)8-11/h5-8H,4,9,18-19,21H2,1-3H3,(H2,20,22,23)/b13-5-. The number of nitrogen functional groups attached to an aromatic ring is 3. The molecule has 0 spiro atoms. The Labute approximate surface area is 147 Å². The van der Waals surface area contributed by atoms with Gasteiger partial charge < -0.3 is 21.9 Å². The summed E-state index contributed by atoms with van der Waals surface area (Å²) in [5, 5.41) is 1.43. The molecule has 0 saturated carbocycles. The monoisotopic (exact) mass is 343 g/mol. The fraction of sp³-hybridized carbons (Fsp3) is 0.294. The van der Waals surface area contributed by atoms with Crippen LogP contribution in [0.25, 0.3) is 5.76 Å². The highest BCUT2D eigenvalue weighted by molar-refractivity contribution is 5.77.